The van der Waals surface area contributed by atoms with E-state index in [1.165, 1.54) is 12.1 Å². The van der Waals surface area contributed by atoms with Crippen LogP contribution >= 0.6 is 15.9 Å². The van der Waals surface area contributed by atoms with Crippen LogP contribution in [0.2, 0.25) is 0 Å². The van der Waals surface area contributed by atoms with Crippen LogP contribution in [0.15, 0.2) is 41.4 Å². The van der Waals surface area contributed by atoms with Gasteiger partial charge in [0, 0.05) is 25.5 Å². The lowest BCUT2D eigenvalue weighted by Crippen LogP contribution is -2.25. The highest BCUT2D eigenvalue weighted by atomic mass is 79.9. The molecule has 4 nitrogen and oxygen atoms in total. The first-order chi connectivity index (χ1) is 9.18. The largest absolute Gasteiger partial charge is 0.352 e. The van der Waals surface area contributed by atoms with Crippen LogP contribution in [0.3, 0.4) is 0 Å². The summed E-state index contributed by atoms with van der Waals surface area (Å²) in [5.41, 5.74) is 0.308. The van der Waals surface area contributed by atoms with E-state index in [1.54, 1.807) is 18.6 Å². The summed E-state index contributed by atoms with van der Waals surface area (Å²) < 4.78 is 15.4. The Balaban J connectivity index is 1.83. The molecule has 0 radical (unpaired) electrons. The molecular weight excluding hydrogens is 313 g/mol. The Bertz CT molecular complexity index is 557. The molecular formula is C13H13BrFN3O. The highest BCUT2D eigenvalue weighted by Gasteiger charge is 2.12. The highest BCUT2D eigenvalue weighted by molar-refractivity contribution is 9.10. The van der Waals surface area contributed by atoms with Crippen molar-refractivity contribution in [3.63, 3.8) is 0 Å². The van der Waals surface area contributed by atoms with Gasteiger partial charge < -0.3 is 9.88 Å². The molecule has 0 saturated heterocycles. The molecule has 2 aromatic rings. The first-order valence-electron chi connectivity index (χ1n) is 5.86. The van der Waals surface area contributed by atoms with E-state index in [1.807, 2.05) is 10.8 Å². The van der Waals surface area contributed by atoms with Crippen molar-refractivity contribution in [2.75, 3.05) is 6.54 Å². The summed E-state index contributed by atoms with van der Waals surface area (Å²) >= 11 is 3.07. The van der Waals surface area contributed by atoms with Gasteiger partial charge in [-0.3, -0.25) is 4.79 Å². The van der Waals surface area contributed by atoms with Crippen LogP contribution in [0.4, 0.5) is 4.39 Å². The zero-order valence-corrected chi connectivity index (χ0v) is 11.7. The minimum Gasteiger partial charge on any atom is -0.352 e. The van der Waals surface area contributed by atoms with Crippen molar-refractivity contribution in [1.29, 1.82) is 0 Å². The second-order valence-electron chi connectivity index (χ2n) is 4.01. The topological polar surface area (TPSA) is 46.9 Å². The molecule has 1 amide bonds. The molecule has 0 aliphatic heterocycles. The number of benzene rings is 1. The Kier molecular flexibility index (Phi) is 4.68. The van der Waals surface area contributed by atoms with E-state index in [0.717, 1.165) is 13.0 Å². The number of rotatable bonds is 5. The number of nitrogens with zero attached hydrogens (tertiary/aromatic N) is 2. The van der Waals surface area contributed by atoms with Crippen molar-refractivity contribution >= 4 is 21.8 Å². The molecule has 1 aromatic carbocycles. The second kappa shape index (κ2) is 6.47. The first-order valence-corrected chi connectivity index (χ1v) is 6.66. The predicted molar refractivity (Wildman–Crippen MR) is 73.3 cm³/mol. The SMILES string of the molecule is O=C(NCCCn1ccnc1)c1cccc(F)c1Br. The fourth-order valence-electron chi connectivity index (χ4n) is 1.66. The van der Waals surface area contributed by atoms with E-state index < -0.39 is 5.82 Å². The number of nitrogens with one attached hydrogen (secondary N) is 1. The van der Waals surface area contributed by atoms with E-state index in [-0.39, 0.29) is 10.4 Å². The lowest BCUT2D eigenvalue weighted by Gasteiger charge is -2.07. The molecule has 0 unspecified atom stereocenters. The van der Waals surface area contributed by atoms with Gasteiger partial charge in [0.15, 0.2) is 0 Å². The summed E-state index contributed by atoms with van der Waals surface area (Å²) in [5, 5.41) is 2.76. The molecule has 0 saturated carbocycles. The van der Waals surface area contributed by atoms with E-state index in [4.69, 9.17) is 0 Å². The number of hydrogen-bond acceptors (Lipinski definition) is 2. The number of aryl methyl sites for hydroxylation is 1. The Labute approximate surface area is 118 Å². The van der Waals surface area contributed by atoms with Gasteiger partial charge in [0.05, 0.1) is 16.4 Å². The summed E-state index contributed by atoms with van der Waals surface area (Å²) in [6.45, 7) is 1.31. The first kappa shape index (κ1) is 13.7. The zero-order chi connectivity index (χ0) is 13.7. The fourth-order valence-corrected chi connectivity index (χ4v) is 2.10. The lowest BCUT2D eigenvalue weighted by atomic mass is 10.2. The molecule has 0 spiro atoms. The molecule has 1 aromatic heterocycles. The standard InChI is InChI=1S/C13H13BrFN3O/c14-12-10(3-1-4-11(12)15)13(19)17-5-2-7-18-8-6-16-9-18/h1,3-4,6,8-9H,2,5,7H2,(H,17,19). The lowest BCUT2D eigenvalue weighted by molar-refractivity contribution is 0.0951. The third-order valence-electron chi connectivity index (χ3n) is 2.63. The van der Waals surface area contributed by atoms with Gasteiger partial charge in [-0.25, -0.2) is 9.37 Å². The van der Waals surface area contributed by atoms with Crippen molar-refractivity contribution in [2.24, 2.45) is 0 Å². The number of hydrogen-bond donors (Lipinski definition) is 1. The minimum absolute atomic E-state index is 0.196. The van der Waals surface area contributed by atoms with E-state index in [9.17, 15) is 9.18 Å². The number of aromatic nitrogens is 2. The van der Waals surface area contributed by atoms with Gasteiger partial charge in [0.1, 0.15) is 5.82 Å². The van der Waals surface area contributed by atoms with Crippen LogP contribution in [-0.2, 0) is 6.54 Å². The quantitative estimate of drug-likeness (QED) is 0.859. The highest BCUT2D eigenvalue weighted by Crippen LogP contribution is 2.20. The van der Waals surface area contributed by atoms with Crippen LogP contribution < -0.4 is 5.32 Å². The molecule has 0 aliphatic rings. The van der Waals surface area contributed by atoms with Crippen LogP contribution in [0, 0.1) is 5.82 Å². The number of carbonyl (C=O) groups excluding carboxylic acids is 1. The van der Waals surface area contributed by atoms with Crippen molar-refractivity contribution in [2.45, 2.75) is 13.0 Å². The smallest absolute Gasteiger partial charge is 0.252 e. The van der Waals surface area contributed by atoms with E-state index in [2.05, 4.69) is 26.2 Å². The zero-order valence-electron chi connectivity index (χ0n) is 10.1. The van der Waals surface area contributed by atoms with Gasteiger partial charge in [0.25, 0.3) is 5.91 Å². The fraction of sp³-hybridized carbons (Fsp3) is 0.231. The van der Waals surface area contributed by atoms with E-state index in [0.29, 0.717) is 12.1 Å². The molecule has 1 heterocycles. The van der Waals surface area contributed by atoms with Crippen LogP contribution in [0.5, 0.6) is 0 Å². The van der Waals surface area contributed by atoms with Crippen molar-refractivity contribution < 1.29 is 9.18 Å². The average molecular weight is 326 g/mol. The number of carbonyl (C=O) groups is 1. The molecule has 0 atom stereocenters. The van der Waals surface area contributed by atoms with E-state index >= 15 is 0 Å². The van der Waals surface area contributed by atoms with Crippen molar-refractivity contribution in [3.8, 4) is 0 Å². The Morgan fingerprint density at radius 2 is 2.32 bits per heavy atom. The van der Waals surface area contributed by atoms with Gasteiger partial charge in [-0.05, 0) is 34.5 Å². The van der Waals surface area contributed by atoms with Crippen molar-refractivity contribution in [3.05, 3.63) is 52.8 Å². The van der Waals surface area contributed by atoms with Crippen LogP contribution in [-0.4, -0.2) is 22.0 Å². The van der Waals surface area contributed by atoms with Gasteiger partial charge in [0.2, 0.25) is 0 Å². The van der Waals surface area contributed by atoms with Gasteiger partial charge in [-0.15, -0.1) is 0 Å². The average Bonchev–Trinajstić information content (AvgIpc) is 2.91. The number of halogens is 2. The third kappa shape index (κ3) is 3.64. The molecule has 1 N–H and O–H groups in total. The van der Waals surface area contributed by atoms with Gasteiger partial charge in [-0.1, -0.05) is 6.07 Å². The predicted octanol–water partition coefficient (Wildman–Crippen LogP) is 2.60. The number of imidazole rings is 1. The molecule has 6 heteroatoms. The minimum atomic E-state index is -0.439. The van der Waals surface area contributed by atoms with Gasteiger partial charge in [-0.2, -0.15) is 0 Å². The summed E-state index contributed by atoms with van der Waals surface area (Å²) in [6.07, 6.45) is 6.09. The molecule has 2 rings (SSSR count). The molecule has 0 aliphatic carbocycles. The summed E-state index contributed by atoms with van der Waals surface area (Å²) in [4.78, 5) is 15.8. The summed E-state index contributed by atoms with van der Waals surface area (Å²) in [5.74, 6) is -0.719. The Hall–Kier alpha value is -1.69. The monoisotopic (exact) mass is 325 g/mol. The maximum Gasteiger partial charge on any atom is 0.252 e. The molecule has 100 valence electrons. The Morgan fingerprint density at radius 3 is 3.05 bits per heavy atom. The van der Waals surface area contributed by atoms with Crippen molar-refractivity contribution in [1.82, 2.24) is 14.9 Å². The maximum absolute atomic E-state index is 13.3. The summed E-state index contributed by atoms with van der Waals surface area (Å²) in [7, 11) is 0. The normalized spacial score (nSPS) is 10.4. The maximum atomic E-state index is 13.3. The number of amides is 1. The molecule has 19 heavy (non-hydrogen) atoms. The Morgan fingerprint density at radius 1 is 1.47 bits per heavy atom. The van der Waals surface area contributed by atoms with Crippen LogP contribution in [0.25, 0.3) is 0 Å². The third-order valence-corrected chi connectivity index (χ3v) is 3.44. The summed E-state index contributed by atoms with van der Waals surface area (Å²) in [6, 6.07) is 4.40. The second-order valence-corrected chi connectivity index (χ2v) is 4.80. The van der Waals surface area contributed by atoms with Gasteiger partial charge >= 0.3 is 0 Å². The molecule has 0 bridgehead atoms. The van der Waals surface area contributed by atoms with Crippen LogP contribution in [0.1, 0.15) is 16.8 Å². The molecule has 0 fully saturated rings.